The van der Waals surface area contributed by atoms with Crippen LogP contribution in [0.4, 0.5) is 0 Å². The van der Waals surface area contributed by atoms with E-state index in [1.54, 1.807) is 31.7 Å². The van der Waals surface area contributed by atoms with Crippen molar-refractivity contribution in [1.29, 1.82) is 0 Å². The Morgan fingerprint density at radius 3 is 2.73 bits per heavy atom. The third kappa shape index (κ3) is 5.70. The molecule has 2 aromatic rings. The van der Waals surface area contributed by atoms with E-state index >= 15 is 0 Å². The van der Waals surface area contributed by atoms with Gasteiger partial charge in [-0.3, -0.25) is 14.7 Å². The molecule has 0 aliphatic carbocycles. The monoisotopic (exact) mass is 353 g/mol. The average molecular weight is 353 g/mol. The molecule has 1 heterocycles. The number of amides is 1. The minimum atomic E-state index is -0.117. The first-order chi connectivity index (χ1) is 12.7. The number of rotatable bonds is 9. The van der Waals surface area contributed by atoms with E-state index < -0.39 is 0 Å². The maximum atomic E-state index is 12.2. The molecule has 138 valence electrons. The molecule has 5 nitrogen and oxygen atoms in total. The molecule has 1 unspecified atom stereocenters. The summed E-state index contributed by atoms with van der Waals surface area (Å²) < 4.78 is 5.34. The Balaban J connectivity index is 2.06. The minimum absolute atomic E-state index is 0.0934. The highest BCUT2D eigenvalue weighted by Crippen LogP contribution is 2.23. The number of pyridine rings is 1. The third-order valence-corrected chi connectivity index (χ3v) is 4.31. The predicted molar refractivity (Wildman–Crippen MR) is 105 cm³/mol. The summed E-state index contributed by atoms with van der Waals surface area (Å²) in [5.41, 5.74) is 2.03. The number of nitrogens with one attached hydrogen (secondary N) is 1. The van der Waals surface area contributed by atoms with Gasteiger partial charge in [-0.25, -0.2) is 0 Å². The van der Waals surface area contributed by atoms with Crippen LogP contribution in [-0.4, -0.2) is 42.5 Å². The minimum Gasteiger partial charge on any atom is -0.497 e. The number of aromatic nitrogens is 1. The molecule has 26 heavy (non-hydrogen) atoms. The van der Waals surface area contributed by atoms with Crippen molar-refractivity contribution >= 4 is 12.0 Å². The van der Waals surface area contributed by atoms with E-state index in [2.05, 4.69) is 35.1 Å². The molecule has 0 saturated heterocycles. The Labute approximate surface area is 155 Å². The van der Waals surface area contributed by atoms with Crippen molar-refractivity contribution in [3.63, 3.8) is 0 Å². The molecule has 0 saturated carbocycles. The number of carbonyl (C=O) groups is 1. The lowest BCUT2D eigenvalue weighted by molar-refractivity contribution is -0.116. The van der Waals surface area contributed by atoms with Crippen molar-refractivity contribution in [2.24, 2.45) is 0 Å². The van der Waals surface area contributed by atoms with Crippen LogP contribution < -0.4 is 10.1 Å². The van der Waals surface area contributed by atoms with Gasteiger partial charge in [0.25, 0.3) is 0 Å². The van der Waals surface area contributed by atoms with Crippen molar-refractivity contribution in [1.82, 2.24) is 15.2 Å². The van der Waals surface area contributed by atoms with E-state index in [0.717, 1.165) is 30.0 Å². The summed E-state index contributed by atoms with van der Waals surface area (Å²) in [6, 6.07) is 11.9. The van der Waals surface area contributed by atoms with Gasteiger partial charge in [-0.05, 0) is 48.5 Å². The number of nitrogens with zero attached hydrogens (tertiary/aromatic N) is 2. The fourth-order valence-electron chi connectivity index (χ4n) is 2.87. The molecule has 2 rings (SSSR count). The molecule has 1 aromatic heterocycles. The van der Waals surface area contributed by atoms with Crippen LogP contribution in [0, 0.1) is 0 Å². The lowest BCUT2D eigenvalue weighted by atomic mass is 10.0. The van der Waals surface area contributed by atoms with Crippen LogP contribution in [0.3, 0.4) is 0 Å². The van der Waals surface area contributed by atoms with Crippen LogP contribution in [0.1, 0.15) is 31.0 Å². The summed E-state index contributed by atoms with van der Waals surface area (Å²) in [6.07, 6.45) is 6.74. The van der Waals surface area contributed by atoms with Crippen molar-refractivity contribution in [2.45, 2.75) is 19.9 Å². The zero-order chi connectivity index (χ0) is 18.8. The molecule has 0 aliphatic heterocycles. The van der Waals surface area contributed by atoms with E-state index in [-0.39, 0.29) is 11.9 Å². The van der Waals surface area contributed by atoms with Crippen molar-refractivity contribution in [3.05, 3.63) is 66.0 Å². The molecule has 1 atom stereocenters. The zero-order valence-corrected chi connectivity index (χ0v) is 15.7. The number of benzene rings is 1. The van der Waals surface area contributed by atoms with Gasteiger partial charge in [0.15, 0.2) is 0 Å². The fourth-order valence-corrected chi connectivity index (χ4v) is 2.87. The van der Waals surface area contributed by atoms with E-state index in [0.29, 0.717) is 6.54 Å². The first-order valence-electron chi connectivity index (χ1n) is 8.91. The van der Waals surface area contributed by atoms with Gasteiger partial charge in [0, 0.05) is 25.0 Å². The molecule has 0 bridgehead atoms. The summed E-state index contributed by atoms with van der Waals surface area (Å²) in [4.78, 5) is 18.6. The summed E-state index contributed by atoms with van der Waals surface area (Å²) in [5.74, 6) is 0.705. The summed E-state index contributed by atoms with van der Waals surface area (Å²) in [7, 11) is 1.66. The van der Waals surface area contributed by atoms with Crippen LogP contribution in [0.15, 0.2) is 54.9 Å². The summed E-state index contributed by atoms with van der Waals surface area (Å²) >= 11 is 0. The highest BCUT2D eigenvalue weighted by molar-refractivity contribution is 5.91. The van der Waals surface area contributed by atoms with Crippen molar-refractivity contribution in [3.8, 4) is 5.75 Å². The van der Waals surface area contributed by atoms with Crippen LogP contribution >= 0.6 is 0 Å². The van der Waals surface area contributed by atoms with Crippen LogP contribution in [0.5, 0.6) is 5.75 Å². The van der Waals surface area contributed by atoms with Crippen molar-refractivity contribution in [2.75, 3.05) is 26.7 Å². The Morgan fingerprint density at radius 2 is 2.08 bits per heavy atom. The molecule has 0 spiro atoms. The third-order valence-electron chi connectivity index (χ3n) is 4.31. The Morgan fingerprint density at radius 1 is 1.27 bits per heavy atom. The van der Waals surface area contributed by atoms with E-state index in [4.69, 9.17) is 4.74 Å². The lowest BCUT2D eigenvalue weighted by Gasteiger charge is -2.30. The average Bonchev–Trinajstić information content (AvgIpc) is 2.70. The first-order valence-corrected chi connectivity index (χ1v) is 8.91. The fraction of sp³-hybridized carbons (Fsp3) is 0.333. The molecule has 1 aromatic carbocycles. The molecule has 5 heteroatoms. The van der Waals surface area contributed by atoms with Gasteiger partial charge in [-0.2, -0.15) is 0 Å². The molecule has 0 aliphatic rings. The quantitative estimate of drug-likeness (QED) is 0.703. The van der Waals surface area contributed by atoms with Gasteiger partial charge in [0.2, 0.25) is 5.91 Å². The predicted octanol–water partition coefficient (Wildman–Crippen LogP) is 3.30. The second-order valence-electron chi connectivity index (χ2n) is 5.88. The molecule has 1 amide bonds. The zero-order valence-electron chi connectivity index (χ0n) is 15.7. The number of ether oxygens (including phenoxy) is 1. The number of methoxy groups -OCH3 is 1. The standard InChI is InChI=1S/C21H27N3O2/c1-4-24(5-2)20(18-9-6-10-19(14-18)26-3)16-23-21(25)12-11-17-8-7-13-22-15-17/h6-15,20H,4-5,16H2,1-3H3,(H,23,25)/b12-11+. The van der Waals surface area contributed by atoms with E-state index in [9.17, 15) is 4.79 Å². The maximum Gasteiger partial charge on any atom is 0.244 e. The Bertz CT molecular complexity index is 712. The summed E-state index contributed by atoms with van der Waals surface area (Å²) in [6.45, 7) is 6.59. The highest BCUT2D eigenvalue weighted by atomic mass is 16.5. The SMILES string of the molecule is CCN(CC)C(CNC(=O)/C=C/c1cccnc1)c1cccc(OC)c1. The number of hydrogen-bond acceptors (Lipinski definition) is 4. The van der Waals surface area contributed by atoms with Gasteiger partial charge < -0.3 is 10.1 Å². The van der Waals surface area contributed by atoms with Gasteiger partial charge >= 0.3 is 0 Å². The van der Waals surface area contributed by atoms with Crippen LogP contribution in [0.2, 0.25) is 0 Å². The topological polar surface area (TPSA) is 54.5 Å². The Kier molecular flexibility index (Phi) is 7.83. The highest BCUT2D eigenvalue weighted by Gasteiger charge is 2.19. The second-order valence-corrected chi connectivity index (χ2v) is 5.88. The van der Waals surface area contributed by atoms with Gasteiger partial charge in [0.05, 0.1) is 13.2 Å². The van der Waals surface area contributed by atoms with Crippen LogP contribution in [0.25, 0.3) is 6.08 Å². The lowest BCUT2D eigenvalue weighted by Crippen LogP contribution is -2.37. The number of carbonyl (C=O) groups excluding carboxylic acids is 1. The largest absolute Gasteiger partial charge is 0.497 e. The first kappa shape index (κ1) is 19.7. The molecular formula is C21H27N3O2. The molecular weight excluding hydrogens is 326 g/mol. The van der Waals surface area contributed by atoms with E-state index in [1.807, 2.05) is 30.3 Å². The normalized spacial score (nSPS) is 12.3. The number of likely N-dealkylation sites (N-methyl/N-ethyl adjacent to an activating group) is 1. The Hall–Kier alpha value is -2.66. The van der Waals surface area contributed by atoms with Crippen molar-refractivity contribution < 1.29 is 9.53 Å². The van der Waals surface area contributed by atoms with Gasteiger partial charge in [-0.15, -0.1) is 0 Å². The van der Waals surface area contributed by atoms with Crippen LogP contribution in [-0.2, 0) is 4.79 Å². The van der Waals surface area contributed by atoms with E-state index in [1.165, 1.54) is 0 Å². The number of hydrogen-bond donors (Lipinski definition) is 1. The maximum absolute atomic E-state index is 12.2. The van der Waals surface area contributed by atoms with Gasteiger partial charge in [-0.1, -0.05) is 32.0 Å². The smallest absolute Gasteiger partial charge is 0.244 e. The molecule has 0 fully saturated rings. The molecule has 0 radical (unpaired) electrons. The second kappa shape index (κ2) is 10.4. The summed E-state index contributed by atoms with van der Waals surface area (Å²) in [5, 5.41) is 3.01. The van der Waals surface area contributed by atoms with Gasteiger partial charge in [0.1, 0.15) is 5.75 Å². The molecule has 1 N–H and O–H groups in total.